The second-order valence-corrected chi connectivity index (χ2v) is 7.58. The van der Waals surface area contributed by atoms with Crippen LogP contribution in [-0.2, 0) is 5.41 Å². The van der Waals surface area contributed by atoms with Gasteiger partial charge in [-0.15, -0.1) is 0 Å². The smallest absolute Gasteiger partial charge is 0.145 e. The third-order valence-corrected chi connectivity index (χ3v) is 4.82. The molecule has 1 aliphatic rings. The molecule has 0 saturated carbocycles. The lowest BCUT2D eigenvalue weighted by Crippen LogP contribution is -2.38. The van der Waals surface area contributed by atoms with Crippen LogP contribution in [0.1, 0.15) is 39.9 Å². The molecule has 1 unspecified atom stereocenters. The van der Waals surface area contributed by atoms with E-state index in [4.69, 9.17) is 10.8 Å². The number of nitrogens with two attached hydrogens (primary N) is 1. The highest BCUT2D eigenvalue weighted by atomic mass is 32.2. The molecule has 0 radical (unpaired) electrons. The molecule has 112 valence electrons. The first kappa shape index (κ1) is 15.4. The van der Waals surface area contributed by atoms with Gasteiger partial charge in [0.2, 0.25) is 0 Å². The van der Waals surface area contributed by atoms with E-state index in [1.807, 2.05) is 6.07 Å². The zero-order valence-corrected chi connectivity index (χ0v) is 13.6. The fourth-order valence-corrected chi connectivity index (χ4v) is 3.36. The largest absolute Gasteiger partial charge is 0.355 e. The van der Waals surface area contributed by atoms with Gasteiger partial charge < -0.3 is 10.3 Å². The van der Waals surface area contributed by atoms with Gasteiger partial charge in [0.15, 0.2) is 0 Å². The van der Waals surface area contributed by atoms with Gasteiger partial charge in [-0.2, -0.15) is 11.8 Å². The monoisotopic (exact) mass is 295 g/mol. The quantitative estimate of drug-likeness (QED) is 0.659. The molecule has 0 aliphatic carbocycles. The van der Waals surface area contributed by atoms with E-state index < -0.39 is 0 Å². The molecule has 0 amide bonds. The van der Waals surface area contributed by atoms with Gasteiger partial charge in [0.05, 0.1) is 0 Å². The number of nitrogens with zero attached hydrogens (tertiary/aromatic N) is 3. The zero-order chi connectivity index (χ0) is 14.8. The maximum Gasteiger partial charge on any atom is 0.145 e. The molecule has 1 aromatic heterocycles. The minimum atomic E-state index is -0.0870. The van der Waals surface area contributed by atoms with Crippen molar-refractivity contribution >= 4 is 23.4 Å². The van der Waals surface area contributed by atoms with Gasteiger partial charge in [-0.25, -0.2) is 15.8 Å². The molecule has 6 heteroatoms. The van der Waals surface area contributed by atoms with Crippen LogP contribution in [0.5, 0.6) is 0 Å². The van der Waals surface area contributed by atoms with Crippen LogP contribution in [0.2, 0.25) is 0 Å². The van der Waals surface area contributed by atoms with Gasteiger partial charge in [-0.05, 0) is 6.42 Å². The van der Waals surface area contributed by atoms with Gasteiger partial charge >= 0.3 is 0 Å². The topological polar surface area (TPSA) is 67.1 Å². The molecule has 1 fully saturated rings. The van der Waals surface area contributed by atoms with Crippen LogP contribution in [0.15, 0.2) is 6.07 Å². The summed E-state index contributed by atoms with van der Waals surface area (Å²) < 4.78 is 0. The summed E-state index contributed by atoms with van der Waals surface area (Å²) in [6.07, 6.45) is 1.19. The Balaban J connectivity index is 2.30. The van der Waals surface area contributed by atoms with Crippen LogP contribution in [0.25, 0.3) is 0 Å². The molecular formula is C14H25N5S. The lowest BCUT2D eigenvalue weighted by molar-refractivity contribution is 0.544. The van der Waals surface area contributed by atoms with Crippen molar-refractivity contribution in [2.45, 2.75) is 44.8 Å². The van der Waals surface area contributed by atoms with E-state index in [1.165, 1.54) is 6.42 Å². The van der Waals surface area contributed by atoms with E-state index in [9.17, 15) is 0 Å². The minimum absolute atomic E-state index is 0.0870. The van der Waals surface area contributed by atoms with Crippen molar-refractivity contribution in [2.75, 3.05) is 29.2 Å². The molecule has 2 heterocycles. The molecule has 2 rings (SSSR count). The first-order valence-electron chi connectivity index (χ1n) is 7.16. The van der Waals surface area contributed by atoms with Crippen molar-refractivity contribution in [3.8, 4) is 0 Å². The Kier molecular flexibility index (Phi) is 4.75. The molecule has 0 aromatic carbocycles. The van der Waals surface area contributed by atoms with Crippen LogP contribution in [0.3, 0.4) is 0 Å². The number of hydrogen-bond acceptors (Lipinski definition) is 6. The van der Waals surface area contributed by atoms with E-state index in [0.29, 0.717) is 11.1 Å². The van der Waals surface area contributed by atoms with Crippen LogP contribution in [-0.4, -0.2) is 34.1 Å². The van der Waals surface area contributed by atoms with E-state index in [0.717, 1.165) is 30.5 Å². The standard InChI is InChI=1S/C14H25N5S/c1-5-10-9-19(6-7-20-10)12-8-11(18-15)16-13(17-12)14(2,3)4/h8,10H,5-7,9,15H2,1-4H3,(H,16,17,18). The molecule has 0 spiro atoms. The summed E-state index contributed by atoms with van der Waals surface area (Å²) in [5.74, 6) is 9.20. The van der Waals surface area contributed by atoms with Crippen molar-refractivity contribution in [2.24, 2.45) is 5.84 Å². The second-order valence-electron chi connectivity index (χ2n) is 6.18. The highest BCUT2D eigenvalue weighted by molar-refractivity contribution is 8.00. The van der Waals surface area contributed by atoms with Crippen LogP contribution in [0.4, 0.5) is 11.6 Å². The fourth-order valence-electron chi connectivity index (χ4n) is 2.18. The lowest BCUT2D eigenvalue weighted by Gasteiger charge is -2.33. The number of hydrazine groups is 1. The van der Waals surface area contributed by atoms with E-state index in [2.05, 4.69) is 54.8 Å². The summed E-state index contributed by atoms with van der Waals surface area (Å²) in [5.41, 5.74) is 2.57. The summed E-state index contributed by atoms with van der Waals surface area (Å²) in [4.78, 5) is 11.6. The summed E-state index contributed by atoms with van der Waals surface area (Å²) in [7, 11) is 0. The summed E-state index contributed by atoms with van der Waals surface area (Å²) >= 11 is 2.06. The Morgan fingerprint density at radius 3 is 2.80 bits per heavy atom. The molecule has 1 aromatic rings. The van der Waals surface area contributed by atoms with Crippen molar-refractivity contribution in [3.63, 3.8) is 0 Å². The van der Waals surface area contributed by atoms with Gasteiger partial charge in [-0.1, -0.05) is 27.7 Å². The summed E-state index contributed by atoms with van der Waals surface area (Å²) in [5, 5.41) is 0.686. The molecular weight excluding hydrogens is 270 g/mol. The van der Waals surface area contributed by atoms with Crippen LogP contribution in [0, 0.1) is 0 Å². The molecule has 5 nitrogen and oxygen atoms in total. The Bertz CT molecular complexity index is 457. The van der Waals surface area contributed by atoms with Crippen molar-refractivity contribution in [1.29, 1.82) is 0 Å². The number of anilines is 2. The second kappa shape index (κ2) is 6.18. The number of aromatic nitrogens is 2. The Morgan fingerprint density at radius 2 is 2.20 bits per heavy atom. The SMILES string of the molecule is CCC1CN(c2cc(NN)nc(C(C)(C)C)n2)CCS1. The average molecular weight is 295 g/mol. The van der Waals surface area contributed by atoms with Crippen molar-refractivity contribution in [1.82, 2.24) is 9.97 Å². The van der Waals surface area contributed by atoms with Gasteiger partial charge in [0.1, 0.15) is 17.5 Å². The maximum absolute atomic E-state index is 5.55. The Morgan fingerprint density at radius 1 is 1.45 bits per heavy atom. The highest BCUT2D eigenvalue weighted by Gasteiger charge is 2.24. The number of thioether (sulfide) groups is 1. The number of hydrogen-bond donors (Lipinski definition) is 2. The third kappa shape index (κ3) is 3.55. The highest BCUT2D eigenvalue weighted by Crippen LogP contribution is 2.28. The van der Waals surface area contributed by atoms with Crippen molar-refractivity contribution in [3.05, 3.63) is 11.9 Å². The molecule has 0 bridgehead atoms. The maximum atomic E-state index is 5.55. The van der Waals surface area contributed by atoms with E-state index in [1.54, 1.807) is 0 Å². The van der Waals surface area contributed by atoms with Crippen molar-refractivity contribution < 1.29 is 0 Å². The number of nitrogens with one attached hydrogen (secondary N) is 1. The average Bonchev–Trinajstić information content (AvgIpc) is 2.46. The fraction of sp³-hybridized carbons (Fsp3) is 0.714. The normalized spacial score (nSPS) is 20.1. The third-order valence-electron chi connectivity index (χ3n) is 3.45. The van der Waals surface area contributed by atoms with Gasteiger partial charge in [-0.3, -0.25) is 0 Å². The lowest BCUT2D eigenvalue weighted by atomic mass is 9.96. The Labute approximate surface area is 125 Å². The van der Waals surface area contributed by atoms with Crippen LogP contribution >= 0.6 is 11.8 Å². The molecule has 1 atom stereocenters. The first-order chi connectivity index (χ1) is 9.44. The predicted octanol–water partition coefficient (Wildman–Crippen LogP) is 2.39. The molecule has 3 N–H and O–H groups in total. The number of rotatable bonds is 3. The number of nitrogen functional groups attached to an aromatic ring is 1. The molecule has 1 aliphatic heterocycles. The van der Waals surface area contributed by atoms with Crippen LogP contribution < -0.4 is 16.2 Å². The Hall–Kier alpha value is -1.01. The minimum Gasteiger partial charge on any atom is -0.355 e. The predicted molar refractivity (Wildman–Crippen MR) is 87.3 cm³/mol. The summed E-state index contributed by atoms with van der Waals surface area (Å²) in [6.45, 7) is 10.7. The molecule has 20 heavy (non-hydrogen) atoms. The molecule has 1 saturated heterocycles. The van der Waals surface area contributed by atoms with Gasteiger partial charge in [0.25, 0.3) is 0 Å². The summed E-state index contributed by atoms with van der Waals surface area (Å²) in [6, 6.07) is 1.94. The zero-order valence-electron chi connectivity index (χ0n) is 12.8. The first-order valence-corrected chi connectivity index (χ1v) is 8.21. The van der Waals surface area contributed by atoms with E-state index in [-0.39, 0.29) is 5.41 Å². The van der Waals surface area contributed by atoms with Gasteiger partial charge in [0, 0.05) is 35.6 Å². The van der Waals surface area contributed by atoms with E-state index >= 15 is 0 Å².